The molecule has 3 atom stereocenters. The summed E-state index contributed by atoms with van der Waals surface area (Å²) >= 11 is 0. The predicted octanol–water partition coefficient (Wildman–Crippen LogP) is 6.64. The van der Waals surface area contributed by atoms with E-state index in [1.54, 1.807) is 0 Å². The summed E-state index contributed by atoms with van der Waals surface area (Å²) in [4.78, 5) is 25.7. The first-order valence-electron chi connectivity index (χ1n) is 12.5. The number of nitrogens with one attached hydrogen (secondary N) is 2. The standard InChI is InChI=1S/C20H21F8N3OS.C5H8FNO/c1-31(16-2-4-17(5-3-16)33(24,25,26,27)28)18(13-10-14(21)12-29-11-13)19(32)30-15-6-8-20(22,23)9-7-15;6-4-1-5(3-8)7-2-4/h2-5,10-12,15,18H,6-9H2,1H3,(H,30,32);3-5,7H,1-2H2. The number of nitrogens with zero attached hydrogens (tertiary/aromatic N) is 2. The zero-order valence-corrected chi connectivity index (χ0v) is 22.5. The topological polar surface area (TPSA) is 74.3 Å². The summed E-state index contributed by atoms with van der Waals surface area (Å²) in [6, 6.07) is 0.802. The van der Waals surface area contributed by atoms with E-state index in [2.05, 4.69) is 15.6 Å². The highest BCUT2D eigenvalue weighted by atomic mass is 32.5. The number of aromatic nitrogens is 1. The van der Waals surface area contributed by atoms with Gasteiger partial charge in [-0.3, -0.25) is 9.78 Å². The molecule has 230 valence electrons. The molecule has 4 rings (SSSR count). The van der Waals surface area contributed by atoms with E-state index in [0.717, 1.165) is 30.7 Å². The van der Waals surface area contributed by atoms with Crippen LogP contribution in [-0.2, 0) is 9.59 Å². The molecule has 16 heteroatoms. The monoisotopic (exact) mass is 620 g/mol. The smallest absolute Gasteiger partial charge is 0.310 e. The molecule has 1 amide bonds. The molecule has 1 aliphatic heterocycles. The molecule has 2 aromatic rings. The molecule has 1 saturated heterocycles. The van der Waals surface area contributed by atoms with Gasteiger partial charge < -0.3 is 20.3 Å². The number of rotatable bonds is 7. The lowest BCUT2D eigenvalue weighted by Crippen LogP contribution is -2.46. The summed E-state index contributed by atoms with van der Waals surface area (Å²) in [7, 11) is -8.58. The number of carbonyl (C=O) groups excluding carboxylic acids is 2. The van der Waals surface area contributed by atoms with Gasteiger partial charge in [0.05, 0.1) is 12.2 Å². The quantitative estimate of drug-likeness (QED) is 0.269. The lowest BCUT2D eigenvalue weighted by Gasteiger charge is -2.40. The van der Waals surface area contributed by atoms with Crippen LogP contribution in [0.2, 0.25) is 0 Å². The summed E-state index contributed by atoms with van der Waals surface area (Å²) in [6.45, 7) is 0.337. The van der Waals surface area contributed by atoms with Gasteiger partial charge in [0.15, 0.2) is 0 Å². The number of anilines is 1. The first-order chi connectivity index (χ1) is 18.8. The maximum absolute atomic E-state index is 13.8. The Labute approximate surface area is 230 Å². The highest BCUT2D eigenvalue weighted by molar-refractivity contribution is 8.45. The molecular weight excluding hydrogens is 591 g/mol. The highest BCUT2D eigenvalue weighted by Crippen LogP contribution is 3.02. The number of pyridine rings is 1. The van der Waals surface area contributed by atoms with Crippen molar-refractivity contribution in [2.24, 2.45) is 0 Å². The third kappa shape index (κ3) is 9.24. The fourth-order valence-corrected chi connectivity index (χ4v) is 5.16. The van der Waals surface area contributed by atoms with Gasteiger partial charge in [0.1, 0.15) is 29.2 Å². The number of amides is 1. The van der Waals surface area contributed by atoms with Crippen LogP contribution >= 0.6 is 10.2 Å². The van der Waals surface area contributed by atoms with Gasteiger partial charge in [-0.15, -0.1) is 0 Å². The second kappa shape index (κ2) is 11.3. The number of likely N-dealkylation sites (N-methyl/N-ethyl adjacent to an activating group) is 1. The fourth-order valence-electron chi connectivity index (χ4n) is 4.51. The Hall–Kier alpha value is -3.01. The molecule has 6 nitrogen and oxygen atoms in total. The molecule has 3 unspecified atom stereocenters. The van der Waals surface area contributed by atoms with Crippen LogP contribution in [0.3, 0.4) is 0 Å². The second-order valence-electron chi connectivity index (χ2n) is 10.0. The van der Waals surface area contributed by atoms with Crippen molar-refractivity contribution < 1.29 is 46.6 Å². The highest BCUT2D eigenvalue weighted by Gasteiger charge is 2.65. The van der Waals surface area contributed by atoms with Gasteiger partial charge in [-0.05, 0) is 43.2 Å². The van der Waals surface area contributed by atoms with Gasteiger partial charge in [0.2, 0.25) is 11.8 Å². The molecule has 0 spiro atoms. The largest absolute Gasteiger partial charge is 0.359 e. The van der Waals surface area contributed by atoms with E-state index in [-0.39, 0.29) is 42.3 Å². The minimum atomic E-state index is -9.88. The lowest BCUT2D eigenvalue weighted by molar-refractivity contribution is -0.124. The Morgan fingerprint density at radius 3 is 2.20 bits per heavy atom. The fraction of sp³-hybridized carbons (Fsp3) is 0.480. The molecule has 1 aromatic heterocycles. The van der Waals surface area contributed by atoms with Gasteiger partial charge in [-0.1, -0.05) is 19.4 Å². The molecule has 2 aliphatic rings. The van der Waals surface area contributed by atoms with Crippen molar-refractivity contribution in [1.82, 2.24) is 15.6 Å². The molecule has 1 saturated carbocycles. The maximum Gasteiger partial charge on any atom is 0.310 e. The van der Waals surface area contributed by atoms with Crippen molar-refractivity contribution in [2.75, 3.05) is 18.5 Å². The van der Waals surface area contributed by atoms with E-state index in [1.165, 1.54) is 18.1 Å². The summed E-state index contributed by atoms with van der Waals surface area (Å²) in [5.74, 6) is -4.33. The zero-order chi connectivity index (χ0) is 30.7. The lowest BCUT2D eigenvalue weighted by atomic mass is 9.92. The Morgan fingerprint density at radius 2 is 1.73 bits per heavy atom. The van der Waals surface area contributed by atoms with Gasteiger partial charge in [-0.25, -0.2) is 17.6 Å². The first kappa shape index (κ1) is 32.5. The molecule has 2 N–H and O–H groups in total. The zero-order valence-electron chi connectivity index (χ0n) is 21.7. The maximum atomic E-state index is 13.8. The van der Waals surface area contributed by atoms with E-state index in [4.69, 9.17) is 0 Å². The average molecular weight is 621 g/mol. The van der Waals surface area contributed by atoms with Crippen molar-refractivity contribution >= 4 is 28.1 Å². The van der Waals surface area contributed by atoms with E-state index in [1.807, 2.05) is 0 Å². The molecule has 1 aliphatic carbocycles. The minimum Gasteiger partial charge on any atom is -0.359 e. The number of hydrogen-bond donors (Lipinski definition) is 2. The number of hydrogen-bond acceptors (Lipinski definition) is 5. The summed E-state index contributed by atoms with van der Waals surface area (Å²) in [5, 5.41) is 5.33. The predicted molar refractivity (Wildman–Crippen MR) is 136 cm³/mol. The van der Waals surface area contributed by atoms with E-state index >= 15 is 0 Å². The van der Waals surface area contributed by atoms with E-state index in [9.17, 15) is 46.6 Å². The summed E-state index contributed by atoms with van der Waals surface area (Å²) in [6.07, 6.45) is 1.51. The van der Waals surface area contributed by atoms with E-state index in [0.29, 0.717) is 13.0 Å². The van der Waals surface area contributed by atoms with Crippen molar-refractivity contribution in [3.05, 3.63) is 54.1 Å². The van der Waals surface area contributed by atoms with Gasteiger partial charge in [0.25, 0.3) is 0 Å². The molecule has 1 aromatic carbocycles. The number of carbonyl (C=O) groups is 2. The van der Waals surface area contributed by atoms with E-state index < -0.39 is 63.9 Å². The number of alkyl halides is 3. The van der Waals surface area contributed by atoms with Crippen molar-refractivity contribution in [3.63, 3.8) is 0 Å². The number of benzene rings is 1. The Balaban J connectivity index is 0.000000496. The van der Waals surface area contributed by atoms with Crippen LogP contribution in [-0.4, -0.2) is 54.9 Å². The molecule has 0 bridgehead atoms. The van der Waals surface area contributed by atoms with Crippen LogP contribution in [0.25, 0.3) is 0 Å². The molecule has 0 radical (unpaired) electrons. The van der Waals surface area contributed by atoms with Crippen LogP contribution in [0.1, 0.15) is 43.7 Å². The summed E-state index contributed by atoms with van der Waals surface area (Å²) < 4.78 is 118. The normalized spacial score (nSPS) is 23.3. The van der Waals surface area contributed by atoms with Crippen LogP contribution in [0, 0.1) is 5.82 Å². The van der Waals surface area contributed by atoms with Crippen LogP contribution in [0.5, 0.6) is 0 Å². The Bertz CT molecular complexity index is 1220. The Kier molecular flexibility index (Phi) is 8.99. The van der Waals surface area contributed by atoms with Gasteiger partial charge in [-0.2, -0.15) is 0 Å². The SMILES string of the molecule is CN(c1ccc(S(F)(F)(F)(F)F)cc1)C(C(=O)NC1CCC(F)(F)CC1)c1cncc(F)c1.O=CC1CC(F)CN1. The molecular formula is C25H29F9N4O2S. The minimum absolute atomic E-state index is 0.00910. The molecule has 41 heavy (non-hydrogen) atoms. The van der Waals surface area contributed by atoms with Crippen LogP contribution < -0.4 is 15.5 Å². The molecule has 2 fully saturated rings. The van der Waals surface area contributed by atoms with Crippen molar-refractivity contribution in [3.8, 4) is 0 Å². The van der Waals surface area contributed by atoms with Crippen LogP contribution in [0.15, 0.2) is 47.6 Å². The van der Waals surface area contributed by atoms with Crippen molar-refractivity contribution in [2.45, 2.75) is 67.2 Å². The van der Waals surface area contributed by atoms with Crippen LogP contribution in [0.4, 0.5) is 42.7 Å². The third-order valence-electron chi connectivity index (χ3n) is 6.71. The third-order valence-corrected chi connectivity index (χ3v) is 7.87. The molecule has 2 heterocycles. The number of halogens is 9. The average Bonchev–Trinajstić information content (AvgIpc) is 3.30. The van der Waals surface area contributed by atoms with Gasteiger partial charge in [0, 0.05) is 56.3 Å². The van der Waals surface area contributed by atoms with Crippen molar-refractivity contribution in [1.29, 1.82) is 0 Å². The summed E-state index contributed by atoms with van der Waals surface area (Å²) in [5.41, 5.74) is -0.00637. The van der Waals surface area contributed by atoms with Gasteiger partial charge >= 0.3 is 10.2 Å². The second-order valence-corrected chi connectivity index (χ2v) is 12.4. The Morgan fingerprint density at radius 1 is 1.12 bits per heavy atom. The number of aldehydes is 1. The first-order valence-corrected chi connectivity index (χ1v) is 14.4.